The molecular weight excluding hydrogens is 236 g/mol. The zero-order valence-electron chi connectivity index (χ0n) is 10.0. The Morgan fingerprint density at radius 2 is 2.24 bits per heavy atom. The van der Waals surface area contributed by atoms with Crippen LogP contribution in [0.5, 0.6) is 0 Å². The van der Waals surface area contributed by atoms with Crippen LogP contribution in [0.2, 0.25) is 5.02 Å². The van der Waals surface area contributed by atoms with Gasteiger partial charge in [0.2, 0.25) is 0 Å². The molecule has 1 aromatic rings. The Hall–Kier alpha value is -1.53. The van der Waals surface area contributed by atoms with E-state index in [2.05, 4.69) is 0 Å². The van der Waals surface area contributed by atoms with E-state index in [1.807, 2.05) is 19.9 Å². The lowest BCUT2D eigenvalue weighted by atomic mass is 10.1. The largest absolute Gasteiger partial charge is 0.325 e. The number of nitrogens with zero attached hydrogens (tertiary/aromatic N) is 2. The predicted molar refractivity (Wildman–Crippen MR) is 68.0 cm³/mol. The Labute approximate surface area is 107 Å². The fourth-order valence-electron chi connectivity index (χ4n) is 1.65. The predicted octanol–water partition coefficient (Wildman–Crippen LogP) is 3.02. The van der Waals surface area contributed by atoms with Crippen LogP contribution in [-0.4, -0.2) is 23.9 Å². The molecule has 0 saturated heterocycles. The van der Waals surface area contributed by atoms with Crippen molar-refractivity contribution in [3.63, 3.8) is 0 Å². The van der Waals surface area contributed by atoms with E-state index >= 15 is 0 Å². The van der Waals surface area contributed by atoms with Crippen molar-refractivity contribution in [2.45, 2.75) is 20.3 Å². The monoisotopic (exact) mass is 250 g/mol. The minimum absolute atomic E-state index is 0.109. The first-order chi connectivity index (χ1) is 8.10. The zero-order valence-corrected chi connectivity index (χ0v) is 10.8. The number of hydrogen-bond donors (Lipinski definition) is 0. The third kappa shape index (κ3) is 3.47. The van der Waals surface area contributed by atoms with Gasteiger partial charge in [-0.2, -0.15) is 5.26 Å². The summed E-state index contributed by atoms with van der Waals surface area (Å²) in [5.74, 6) is -0.109. The van der Waals surface area contributed by atoms with Crippen molar-refractivity contribution < 1.29 is 4.79 Å². The molecule has 0 N–H and O–H groups in total. The number of rotatable bonds is 4. The van der Waals surface area contributed by atoms with Crippen LogP contribution >= 0.6 is 11.6 Å². The minimum Gasteiger partial charge on any atom is -0.325 e. The molecule has 90 valence electrons. The zero-order chi connectivity index (χ0) is 12.8. The van der Waals surface area contributed by atoms with E-state index in [0.29, 0.717) is 17.1 Å². The molecule has 0 heterocycles. The number of halogens is 1. The Kier molecular flexibility index (Phi) is 4.99. The van der Waals surface area contributed by atoms with Gasteiger partial charge in [0.05, 0.1) is 6.07 Å². The van der Waals surface area contributed by atoms with Gasteiger partial charge in [-0.25, -0.2) is 0 Å². The molecule has 1 amide bonds. The van der Waals surface area contributed by atoms with Crippen LogP contribution in [0.1, 0.15) is 29.3 Å². The van der Waals surface area contributed by atoms with Crippen LogP contribution in [0.15, 0.2) is 18.2 Å². The van der Waals surface area contributed by atoms with Crippen LogP contribution in [-0.2, 0) is 0 Å². The van der Waals surface area contributed by atoms with Crippen molar-refractivity contribution in [2.75, 3.05) is 13.1 Å². The lowest BCUT2D eigenvalue weighted by Crippen LogP contribution is -2.32. The number of amides is 1. The smallest absolute Gasteiger partial charge is 0.254 e. The molecule has 17 heavy (non-hydrogen) atoms. The van der Waals surface area contributed by atoms with Crippen molar-refractivity contribution in [1.82, 2.24) is 4.90 Å². The van der Waals surface area contributed by atoms with Crippen LogP contribution in [0, 0.1) is 18.3 Å². The van der Waals surface area contributed by atoms with E-state index < -0.39 is 0 Å². The molecule has 0 spiro atoms. The highest BCUT2D eigenvalue weighted by molar-refractivity contribution is 6.30. The van der Waals surface area contributed by atoms with Gasteiger partial charge < -0.3 is 4.90 Å². The van der Waals surface area contributed by atoms with E-state index in [9.17, 15) is 4.79 Å². The molecule has 1 aromatic carbocycles. The molecule has 3 nitrogen and oxygen atoms in total. The summed E-state index contributed by atoms with van der Waals surface area (Å²) in [6.07, 6.45) is 0.833. The molecule has 0 aliphatic rings. The summed E-state index contributed by atoms with van der Waals surface area (Å²) < 4.78 is 0. The van der Waals surface area contributed by atoms with Gasteiger partial charge in [-0.1, -0.05) is 18.5 Å². The number of benzene rings is 1. The SMILES string of the molecule is CCCN(CC#N)C(=O)c1ccc(Cl)cc1C. The van der Waals surface area contributed by atoms with Gasteiger partial charge in [0.1, 0.15) is 6.54 Å². The Morgan fingerprint density at radius 1 is 1.53 bits per heavy atom. The van der Waals surface area contributed by atoms with E-state index in [0.717, 1.165) is 12.0 Å². The highest BCUT2D eigenvalue weighted by atomic mass is 35.5. The van der Waals surface area contributed by atoms with Gasteiger partial charge in [-0.05, 0) is 37.1 Å². The highest BCUT2D eigenvalue weighted by Crippen LogP contribution is 2.17. The highest BCUT2D eigenvalue weighted by Gasteiger charge is 2.16. The lowest BCUT2D eigenvalue weighted by Gasteiger charge is -2.19. The molecule has 0 fully saturated rings. The summed E-state index contributed by atoms with van der Waals surface area (Å²) in [5, 5.41) is 9.32. The second-order valence-electron chi connectivity index (χ2n) is 3.84. The fraction of sp³-hybridized carbons (Fsp3) is 0.385. The first kappa shape index (κ1) is 13.5. The van der Waals surface area contributed by atoms with E-state index in [1.54, 1.807) is 23.1 Å². The maximum atomic E-state index is 12.2. The van der Waals surface area contributed by atoms with Crippen molar-refractivity contribution >= 4 is 17.5 Å². The van der Waals surface area contributed by atoms with Crippen molar-refractivity contribution in [2.24, 2.45) is 0 Å². The molecule has 0 atom stereocenters. The summed E-state index contributed by atoms with van der Waals surface area (Å²) in [6.45, 7) is 4.53. The molecule has 1 rings (SSSR count). The summed E-state index contributed by atoms with van der Waals surface area (Å²) in [6, 6.07) is 7.17. The molecule has 0 saturated carbocycles. The number of nitriles is 1. The Bertz CT molecular complexity index is 451. The minimum atomic E-state index is -0.109. The quantitative estimate of drug-likeness (QED) is 0.771. The van der Waals surface area contributed by atoms with Gasteiger partial charge in [0.15, 0.2) is 0 Å². The third-order valence-corrected chi connectivity index (χ3v) is 2.70. The number of carbonyl (C=O) groups is 1. The van der Waals surface area contributed by atoms with Gasteiger partial charge in [-0.3, -0.25) is 4.79 Å². The summed E-state index contributed by atoms with van der Waals surface area (Å²) in [7, 11) is 0. The Balaban J connectivity index is 2.97. The molecule has 4 heteroatoms. The topological polar surface area (TPSA) is 44.1 Å². The fourth-order valence-corrected chi connectivity index (χ4v) is 1.87. The standard InChI is InChI=1S/C13H15ClN2O/c1-3-7-16(8-6-15)13(17)12-5-4-11(14)9-10(12)2/h4-5,9H,3,7-8H2,1-2H3. The van der Waals surface area contributed by atoms with E-state index in [4.69, 9.17) is 16.9 Å². The van der Waals surface area contributed by atoms with E-state index in [1.165, 1.54) is 0 Å². The van der Waals surface area contributed by atoms with E-state index in [-0.39, 0.29) is 12.5 Å². The van der Waals surface area contributed by atoms with Crippen LogP contribution in [0.3, 0.4) is 0 Å². The second-order valence-corrected chi connectivity index (χ2v) is 4.28. The summed E-state index contributed by atoms with van der Waals surface area (Å²) in [4.78, 5) is 13.7. The molecule has 0 aromatic heterocycles. The maximum absolute atomic E-state index is 12.2. The number of hydrogen-bond acceptors (Lipinski definition) is 2. The van der Waals surface area contributed by atoms with Crippen LogP contribution in [0.25, 0.3) is 0 Å². The molecule has 0 radical (unpaired) electrons. The van der Waals surface area contributed by atoms with Gasteiger partial charge in [0, 0.05) is 17.1 Å². The second kappa shape index (κ2) is 6.27. The summed E-state index contributed by atoms with van der Waals surface area (Å²) in [5.41, 5.74) is 1.44. The average Bonchev–Trinajstić information content (AvgIpc) is 2.28. The van der Waals surface area contributed by atoms with Crippen LogP contribution in [0.4, 0.5) is 0 Å². The molecule has 0 aliphatic carbocycles. The molecule has 0 aliphatic heterocycles. The molecule has 0 unspecified atom stereocenters. The van der Waals surface area contributed by atoms with Gasteiger partial charge >= 0.3 is 0 Å². The van der Waals surface area contributed by atoms with Crippen LogP contribution < -0.4 is 0 Å². The van der Waals surface area contributed by atoms with Gasteiger partial charge in [-0.15, -0.1) is 0 Å². The molecular formula is C13H15ClN2O. The number of carbonyl (C=O) groups excluding carboxylic acids is 1. The van der Waals surface area contributed by atoms with Crippen molar-refractivity contribution in [3.8, 4) is 6.07 Å². The number of aryl methyl sites for hydroxylation is 1. The lowest BCUT2D eigenvalue weighted by molar-refractivity contribution is 0.0775. The Morgan fingerprint density at radius 3 is 2.76 bits per heavy atom. The first-order valence-corrected chi connectivity index (χ1v) is 5.90. The normalized spacial score (nSPS) is 9.76. The summed E-state index contributed by atoms with van der Waals surface area (Å²) >= 11 is 5.85. The van der Waals surface area contributed by atoms with Crippen molar-refractivity contribution in [3.05, 3.63) is 34.3 Å². The van der Waals surface area contributed by atoms with Crippen molar-refractivity contribution in [1.29, 1.82) is 5.26 Å². The molecule has 0 bridgehead atoms. The third-order valence-electron chi connectivity index (χ3n) is 2.46. The average molecular weight is 251 g/mol. The van der Waals surface area contributed by atoms with Gasteiger partial charge in [0.25, 0.3) is 5.91 Å². The first-order valence-electron chi connectivity index (χ1n) is 5.52. The maximum Gasteiger partial charge on any atom is 0.254 e.